The number of benzene rings is 1. The van der Waals surface area contributed by atoms with E-state index in [1.165, 1.54) is 6.07 Å². The van der Waals surface area contributed by atoms with E-state index < -0.39 is 5.60 Å². The Balaban J connectivity index is 2.07. The van der Waals surface area contributed by atoms with Gasteiger partial charge in [-0.25, -0.2) is 4.39 Å². The summed E-state index contributed by atoms with van der Waals surface area (Å²) in [5.74, 6) is -0.239. The molecular formula is C14H21FN2O. The molecule has 4 heteroatoms. The molecular weight excluding hydrogens is 231 g/mol. The summed E-state index contributed by atoms with van der Waals surface area (Å²) in [4.78, 5) is 2.17. The van der Waals surface area contributed by atoms with E-state index in [0.29, 0.717) is 19.6 Å². The second kappa shape index (κ2) is 5.34. The van der Waals surface area contributed by atoms with Gasteiger partial charge < -0.3 is 10.8 Å². The number of aliphatic hydroxyl groups is 1. The third kappa shape index (κ3) is 3.51. The van der Waals surface area contributed by atoms with E-state index in [2.05, 4.69) is 4.90 Å². The maximum atomic E-state index is 13.4. The van der Waals surface area contributed by atoms with Gasteiger partial charge in [0.1, 0.15) is 5.82 Å². The molecule has 0 aromatic heterocycles. The summed E-state index contributed by atoms with van der Waals surface area (Å²) in [7, 11) is 0. The summed E-state index contributed by atoms with van der Waals surface area (Å²) in [6.07, 6.45) is 1.81. The van der Waals surface area contributed by atoms with Crippen molar-refractivity contribution in [3.63, 3.8) is 0 Å². The molecule has 0 amide bonds. The normalized spacial score (nSPS) is 25.3. The van der Waals surface area contributed by atoms with Crippen LogP contribution in [0.1, 0.15) is 30.9 Å². The van der Waals surface area contributed by atoms with Crippen LogP contribution in [0.5, 0.6) is 0 Å². The van der Waals surface area contributed by atoms with Crippen LogP contribution in [0.25, 0.3) is 0 Å². The Bertz CT molecular complexity index is 420. The third-order valence-electron chi connectivity index (χ3n) is 3.41. The third-order valence-corrected chi connectivity index (χ3v) is 3.41. The van der Waals surface area contributed by atoms with Crippen molar-refractivity contribution in [3.05, 3.63) is 35.1 Å². The molecule has 0 bridgehead atoms. The van der Waals surface area contributed by atoms with Crippen LogP contribution in [-0.2, 0) is 13.1 Å². The quantitative estimate of drug-likeness (QED) is 0.859. The van der Waals surface area contributed by atoms with Crippen LogP contribution in [0, 0.1) is 5.82 Å². The van der Waals surface area contributed by atoms with Crippen molar-refractivity contribution in [1.82, 2.24) is 4.90 Å². The van der Waals surface area contributed by atoms with Gasteiger partial charge in [0.25, 0.3) is 0 Å². The first-order valence-electron chi connectivity index (χ1n) is 6.42. The van der Waals surface area contributed by atoms with E-state index in [0.717, 1.165) is 30.5 Å². The fourth-order valence-electron chi connectivity index (χ4n) is 2.64. The summed E-state index contributed by atoms with van der Waals surface area (Å²) in [5.41, 5.74) is 6.66. The number of β-amino-alcohol motifs (C(OH)–C–C–N with tert-alkyl or cyclic N) is 1. The number of nitrogens with two attached hydrogens (primary N) is 1. The Labute approximate surface area is 107 Å². The number of hydrogen-bond donors (Lipinski definition) is 2. The van der Waals surface area contributed by atoms with Crippen LogP contribution in [0.4, 0.5) is 4.39 Å². The zero-order chi connectivity index (χ0) is 13.2. The van der Waals surface area contributed by atoms with E-state index in [1.807, 2.05) is 13.0 Å². The molecule has 0 radical (unpaired) electrons. The number of nitrogens with zero attached hydrogens (tertiary/aromatic N) is 1. The molecule has 1 heterocycles. The average Bonchev–Trinajstić information content (AvgIpc) is 2.26. The second-order valence-corrected chi connectivity index (χ2v) is 5.48. The lowest BCUT2D eigenvalue weighted by atomic mass is 9.95. The number of piperidine rings is 1. The molecule has 0 saturated carbocycles. The Kier molecular flexibility index (Phi) is 4.00. The Hall–Kier alpha value is -0.970. The van der Waals surface area contributed by atoms with E-state index in [1.54, 1.807) is 6.07 Å². The summed E-state index contributed by atoms with van der Waals surface area (Å²) >= 11 is 0. The molecule has 1 atom stereocenters. The van der Waals surface area contributed by atoms with Crippen molar-refractivity contribution >= 4 is 0 Å². The van der Waals surface area contributed by atoms with Gasteiger partial charge >= 0.3 is 0 Å². The van der Waals surface area contributed by atoms with Crippen LogP contribution in [0.2, 0.25) is 0 Å². The van der Waals surface area contributed by atoms with Crippen molar-refractivity contribution in [2.75, 3.05) is 13.1 Å². The highest BCUT2D eigenvalue weighted by Gasteiger charge is 2.28. The molecule has 2 rings (SSSR count). The maximum absolute atomic E-state index is 13.4. The standard InChI is InChI=1S/C14H21FN2O/c1-14(18)3-2-4-17(10-14)9-12-5-11(8-16)6-13(15)7-12/h5-7,18H,2-4,8-10,16H2,1H3. The molecule has 1 aromatic rings. The van der Waals surface area contributed by atoms with Gasteiger partial charge in [0.05, 0.1) is 5.60 Å². The zero-order valence-corrected chi connectivity index (χ0v) is 10.8. The summed E-state index contributed by atoms with van der Waals surface area (Å²) in [5, 5.41) is 10.0. The SMILES string of the molecule is CC1(O)CCCN(Cc2cc(F)cc(CN)c2)C1. The Morgan fingerprint density at radius 2 is 2.11 bits per heavy atom. The molecule has 1 fully saturated rings. The van der Waals surface area contributed by atoms with Crippen LogP contribution in [0.3, 0.4) is 0 Å². The fraction of sp³-hybridized carbons (Fsp3) is 0.571. The second-order valence-electron chi connectivity index (χ2n) is 5.48. The number of hydrogen-bond acceptors (Lipinski definition) is 3. The molecule has 0 spiro atoms. The minimum Gasteiger partial charge on any atom is -0.389 e. The van der Waals surface area contributed by atoms with E-state index >= 15 is 0 Å². The van der Waals surface area contributed by atoms with Gasteiger partial charge in [0, 0.05) is 19.6 Å². The lowest BCUT2D eigenvalue weighted by molar-refractivity contribution is -0.0181. The first-order chi connectivity index (χ1) is 8.48. The number of rotatable bonds is 3. The summed E-state index contributed by atoms with van der Waals surface area (Å²) in [6.45, 7) is 4.46. The molecule has 3 N–H and O–H groups in total. The van der Waals surface area contributed by atoms with Gasteiger partial charge in [0.15, 0.2) is 0 Å². The van der Waals surface area contributed by atoms with Gasteiger partial charge in [-0.2, -0.15) is 0 Å². The molecule has 1 saturated heterocycles. The van der Waals surface area contributed by atoms with Gasteiger partial charge in [-0.1, -0.05) is 6.07 Å². The minimum atomic E-state index is -0.623. The monoisotopic (exact) mass is 252 g/mol. The van der Waals surface area contributed by atoms with Crippen molar-refractivity contribution in [2.24, 2.45) is 5.73 Å². The highest BCUT2D eigenvalue weighted by atomic mass is 19.1. The predicted molar refractivity (Wildman–Crippen MR) is 69.4 cm³/mol. The first kappa shape index (κ1) is 13.5. The van der Waals surface area contributed by atoms with Crippen molar-refractivity contribution in [3.8, 4) is 0 Å². The fourth-order valence-corrected chi connectivity index (χ4v) is 2.64. The smallest absolute Gasteiger partial charge is 0.123 e. The van der Waals surface area contributed by atoms with Crippen LogP contribution < -0.4 is 5.73 Å². The molecule has 0 aliphatic carbocycles. The Morgan fingerprint density at radius 1 is 1.39 bits per heavy atom. The Morgan fingerprint density at radius 3 is 2.78 bits per heavy atom. The van der Waals surface area contributed by atoms with E-state index in [4.69, 9.17) is 5.73 Å². The molecule has 1 aromatic carbocycles. The lowest BCUT2D eigenvalue weighted by Gasteiger charge is -2.36. The van der Waals surface area contributed by atoms with Gasteiger partial charge in [0.2, 0.25) is 0 Å². The first-order valence-corrected chi connectivity index (χ1v) is 6.42. The van der Waals surface area contributed by atoms with Gasteiger partial charge in [-0.3, -0.25) is 4.90 Å². The highest BCUT2D eigenvalue weighted by Crippen LogP contribution is 2.22. The average molecular weight is 252 g/mol. The van der Waals surface area contributed by atoms with Crippen LogP contribution in [-0.4, -0.2) is 28.7 Å². The summed E-state index contributed by atoms with van der Waals surface area (Å²) in [6, 6.07) is 4.95. The van der Waals surface area contributed by atoms with Gasteiger partial charge in [-0.05, 0) is 49.6 Å². The molecule has 1 aliphatic rings. The van der Waals surface area contributed by atoms with Crippen molar-refractivity contribution in [2.45, 2.75) is 38.5 Å². The van der Waals surface area contributed by atoms with E-state index in [9.17, 15) is 9.50 Å². The molecule has 3 nitrogen and oxygen atoms in total. The van der Waals surface area contributed by atoms with Crippen molar-refractivity contribution < 1.29 is 9.50 Å². The molecule has 100 valence electrons. The van der Waals surface area contributed by atoms with Crippen molar-refractivity contribution in [1.29, 1.82) is 0 Å². The van der Waals surface area contributed by atoms with Crippen LogP contribution in [0.15, 0.2) is 18.2 Å². The topological polar surface area (TPSA) is 49.5 Å². The summed E-state index contributed by atoms with van der Waals surface area (Å²) < 4.78 is 13.4. The van der Waals surface area contributed by atoms with E-state index in [-0.39, 0.29) is 5.82 Å². The lowest BCUT2D eigenvalue weighted by Crippen LogP contribution is -2.45. The molecule has 18 heavy (non-hydrogen) atoms. The largest absolute Gasteiger partial charge is 0.389 e. The highest BCUT2D eigenvalue weighted by molar-refractivity contribution is 5.24. The number of halogens is 1. The van der Waals surface area contributed by atoms with Gasteiger partial charge in [-0.15, -0.1) is 0 Å². The maximum Gasteiger partial charge on any atom is 0.123 e. The number of likely N-dealkylation sites (tertiary alicyclic amines) is 1. The minimum absolute atomic E-state index is 0.239. The zero-order valence-electron chi connectivity index (χ0n) is 10.8. The molecule has 1 unspecified atom stereocenters. The van der Waals surface area contributed by atoms with Crippen LogP contribution >= 0.6 is 0 Å². The molecule has 1 aliphatic heterocycles. The predicted octanol–water partition coefficient (Wildman–Crippen LogP) is 1.63.